The second-order valence-electron chi connectivity index (χ2n) is 4.19. The molecule has 20 heavy (non-hydrogen) atoms. The van der Waals surface area contributed by atoms with Crippen molar-refractivity contribution in [2.24, 2.45) is 0 Å². The van der Waals surface area contributed by atoms with Crippen LogP contribution >= 0.6 is 0 Å². The van der Waals surface area contributed by atoms with Gasteiger partial charge >= 0.3 is 5.97 Å². The van der Waals surface area contributed by atoms with Crippen LogP contribution in [-0.4, -0.2) is 23.5 Å². The summed E-state index contributed by atoms with van der Waals surface area (Å²) < 4.78 is 18.3. The number of ether oxygens (including phenoxy) is 1. The van der Waals surface area contributed by atoms with Crippen LogP contribution in [-0.2, 0) is 9.53 Å². The van der Waals surface area contributed by atoms with Gasteiger partial charge in [-0.15, -0.1) is 0 Å². The highest BCUT2D eigenvalue weighted by atomic mass is 19.1. The van der Waals surface area contributed by atoms with Crippen LogP contribution in [0.15, 0.2) is 36.5 Å². The highest BCUT2D eigenvalue weighted by Crippen LogP contribution is 2.15. The minimum Gasteiger partial charge on any atom is -0.451 e. The number of carbonyl (C=O) groups excluding carboxylic acids is 2. The van der Waals surface area contributed by atoms with Crippen LogP contribution < -0.4 is 5.32 Å². The summed E-state index contributed by atoms with van der Waals surface area (Å²) in [4.78, 5) is 25.7. The van der Waals surface area contributed by atoms with Crippen LogP contribution in [0.4, 0.5) is 10.1 Å². The van der Waals surface area contributed by atoms with E-state index in [1.165, 1.54) is 18.2 Å². The summed E-state index contributed by atoms with van der Waals surface area (Å²) in [5, 5.41) is 2.34. The lowest BCUT2D eigenvalue weighted by Crippen LogP contribution is -2.21. The van der Waals surface area contributed by atoms with E-state index in [0.717, 1.165) is 5.56 Å². The van der Waals surface area contributed by atoms with Crippen molar-refractivity contribution in [3.8, 4) is 0 Å². The van der Waals surface area contributed by atoms with E-state index in [0.29, 0.717) is 0 Å². The van der Waals surface area contributed by atoms with Crippen molar-refractivity contribution >= 4 is 17.6 Å². The third-order valence-corrected chi connectivity index (χ3v) is 2.55. The molecular weight excluding hydrogens is 263 g/mol. The maximum atomic E-state index is 13.5. The highest BCUT2D eigenvalue weighted by molar-refractivity contribution is 5.94. The zero-order valence-corrected chi connectivity index (χ0v) is 10.8. The van der Waals surface area contributed by atoms with Gasteiger partial charge in [0.2, 0.25) is 0 Å². The van der Waals surface area contributed by atoms with E-state index < -0.39 is 24.3 Å². The number of aryl methyl sites for hydroxylation is 1. The Bertz CT molecular complexity index is 623. The van der Waals surface area contributed by atoms with Crippen LogP contribution in [0.2, 0.25) is 0 Å². The molecule has 0 fully saturated rings. The predicted molar refractivity (Wildman–Crippen MR) is 70.8 cm³/mol. The molecule has 5 nitrogen and oxygen atoms in total. The molecule has 0 radical (unpaired) electrons. The summed E-state index contributed by atoms with van der Waals surface area (Å²) in [6.07, 6.45) is 1.57. The van der Waals surface area contributed by atoms with Crippen molar-refractivity contribution in [3.05, 3.63) is 53.6 Å². The first kappa shape index (κ1) is 13.8. The largest absolute Gasteiger partial charge is 0.451 e. The van der Waals surface area contributed by atoms with Crippen LogP contribution in [0.1, 0.15) is 16.1 Å². The lowest BCUT2D eigenvalue weighted by Gasteiger charge is -2.07. The van der Waals surface area contributed by atoms with Crippen LogP contribution in [0.25, 0.3) is 0 Å². The number of H-pyrrole nitrogens is 1. The van der Waals surface area contributed by atoms with Crippen molar-refractivity contribution < 1.29 is 18.7 Å². The Morgan fingerprint density at radius 1 is 1.35 bits per heavy atom. The molecular formula is C14H13FN2O3. The fourth-order valence-electron chi connectivity index (χ4n) is 1.57. The summed E-state index contributed by atoms with van der Waals surface area (Å²) in [6, 6.07) is 7.60. The van der Waals surface area contributed by atoms with E-state index in [4.69, 9.17) is 4.74 Å². The van der Waals surface area contributed by atoms with Gasteiger partial charge in [-0.2, -0.15) is 0 Å². The van der Waals surface area contributed by atoms with Gasteiger partial charge in [0.05, 0.1) is 5.69 Å². The minimum absolute atomic E-state index is 0.0523. The number of carbonyl (C=O) groups is 2. The lowest BCUT2D eigenvalue weighted by molar-refractivity contribution is -0.119. The SMILES string of the molecule is Cc1ccc(NC(=O)COC(=O)c2ccc[nH]2)c(F)c1. The number of nitrogens with one attached hydrogen (secondary N) is 2. The second kappa shape index (κ2) is 6.01. The monoisotopic (exact) mass is 276 g/mol. The first-order valence-corrected chi connectivity index (χ1v) is 5.93. The van der Waals surface area contributed by atoms with Crippen molar-refractivity contribution in [1.82, 2.24) is 4.98 Å². The number of halogens is 1. The molecule has 0 aliphatic heterocycles. The van der Waals surface area contributed by atoms with E-state index in [-0.39, 0.29) is 11.4 Å². The molecule has 0 bridgehead atoms. The number of anilines is 1. The Morgan fingerprint density at radius 2 is 2.15 bits per heavy atom. The Morgan fingerprint density at radius 3 is 2.80 bits per heavy atom. The molecule has 6 heteroatoms. The average molecular weight is 276 g/mol. The quantitative estimate of drug-likeness (QED) is 0.841. The summed E-state index contributed by atoms with van der Waals surface area (Å²) in [7, 11) is 0. The second-order valence-corrected chi connectivity index (χ2v) is 4.19. The standard InChI is InChI=1S/C14H13FN2O3/c1-9-4-5-11(10(15)7-9)17-13(18)8-20-14(19)12-3-2-6-16-12/h2-7,16H,8H2,1H3,(H,17,18). The zero-order chi connectivity index (χ0) is 14.5. The zero-order valence-electron chi connectivity index (χ0n) is 10.8. The number of benzene rings is 1. The van der Waals surface area contributed by atoms with Gasteiger partial charge in [0.25, 0.3) is 5.91 Å². The van der Waals surface area contributed by atoms with Crippen molar-refractivity contribution in [2.75, 3.05) is 11.9 Å². The number of amides is 1. The van der Waals surface area contributed by atoms with Gasteiger partial charge in [-0.3, -0.25) is 4.79 Å². The van der Waals surface area contributed by atoms with Gasteiger partial charge in [-0.05, 0) is 36.8 Å². The maximum absolute atomic E-state index is 13.5. The van der Waals surface area contributed by atoms with Gasteiger partial charge in [0, 0.05) is 6.20 Å². The topological polar surface area (TPSA) is 71.2 Å². The van der Waals surface area contributed by atoms with Gasteiger partial charge in [-0.25, -0.2) is 9.18 Å². The summed E-state index contributed by atoms with van der Waals surface area (Å²) >= 11 is 0. The molecule has 1 heterocycles. The predicted octanol–water partition coefficient (Wildman–Crippen LogP) is 2.26. The third-order valence-electron chi connectivity index (χ3n) is 2.55. The van der Waals surface area contributed by atoms with Crippen molar-refractivity contribution in [1.29, 1.82) is 0 Å². The Hall–Kier alpha value is -2.63. The molecule has 1 amide bonds. The molecule has 2 aromatic rings. The van der Waals surface area contributed by atoms with E-state index in [2.05, 4.69) is 10.3 Å². The highest BCUT2D eigenvalue weighted by Gasteiger charge is 2.12. The fourth-order valence-corrected chi connectivity index (χ4v) is 1.57. The number of hydrogen-bond donors (Lipinski definition) is 2. The maximum Gasteiger partial charge on any atom is 0.355 e. The van der Waals surface area contributed by atoms with E-state index in [1.54, 1.807) is 25.3 Å². The number of aromatic nitrogens is 1. The van der Waals surface area contributed by atoms with Gasteiger partial charge in [0.1, 0.15) is 11.5 Å². The number of hydrogen-bond acceptors (Lipinski definition) is 3. The molecule has 0 unspecified atom stereocenters. The van der Waals surface area contributed by atoms with E-state index >= 15 is 0 Å². The smallest absolute Gasteiger partial charge is 0.355 e. The van der Waals surface area contributed by atoms with Crippen LogP contribution in [0.5, 0.6) is 0 Å². The summed E-state index contributed by atoms with van der Waals surface area (Å²) in [5.74, 6) is -1.78. The molecule has 2 rings (SSSR count). The molecule has 1 aromatic carbocycles. The lowest BCUT2D eigenvalue weighted by atomic mass is 10.2. The molecule has 2 N–H and O–H groups in total. The molecule has 104 valence electrons. The first-order chi connectivity index (χ1) is 9.56. The molecule has 0 saturated heterocycles. The molecule has 0 spiro atoms. The Balaban J connectivity index is 1.88. The normalized spacial score (nSPS) is 10.1. The molecule has 0 aliphatic carbocycles. The average Bonchev–Trinajstić information content (AvgIpc) is 2.93. The van der Waals surface area contributed by atoms with E-state index in [9.17, 15) is 14.0 Å². The molecule has 0 aliphatic rings. The summed E-state index contributed by atoms with van der Waals surface area (Å²) in [6.45, 7) is 1.26. The van der Waals surface area contributed by atoms with Gasteiger partial charge < -0.3 is 15.0 Å². The minimum atomic E-state index is -0.644. The number of aromatic amines is 1. The van der Waals surface area contributed by atoms with Gasteiger partial charge in [0.15, 0.2) is 6.61 Å². The molecule has 0 atom stereocenters. The third kappa shape index (κ3) is 3.44. The molecule has 1 aromatic heterocycles. The fraction of sp³-hybridized carbons (Fsp3) is 0.143. The van der Waals surface area contributed by atoms with Crippen molar-refractivity contribution in [3.63, 3.8) is 0 Å². The van der Waals surface area contributed by atoms with Crippen LogP contribution in [0.3, 0.4) is 0 Å². The first-order valence-electron chi connectivity index (χ1n) is 5.93. The molecule has 0 saturated carbocycles. The summed E-state index contributed by atoms with van der Waals surface area (Å²) in [5.41, 5.74) is 1.05. The number of rotatable bonds is 4. The van der Waals surface area contributed by atoms with Crippen LogP contribution in [0, 0.1) is 12.7 Å². The van der Waals surface area contributed by atoms with E-state index in [1.807, 2.05) is 0 Å². The van der Waals surface area contributed by atoms with Crippen molar-refractivity contribution in [2.45, 2.75) is 6.92 Å². The number of esters is 1. The Kier molecular flexibility index (Phi) is 4.14. The Labute approximate surface area is 114 Å². The van der Waals surface area contributed by atoms with Gasteiger partial charge in [-0.1, -0.05) is 6.07 Å².